The van der Waals surface area contributed by atoms with E-state index in [0.29, 0.717) is 30.2 Å². The van der Waals surface area contributed by atoms with E-state index < -0.39 is 5.92 Å². The van der Waals surface area contributed by atoms with Crippen molar-refractivity contribution in [3.05, 3.63) is 84.4 Å². The van der Waals surface area contributed by atoms with Crippen molar-refractivity contribution < 1.29 is 23.9 Å². The van der Waals surface area contributed by atoms with Gasteiger partial charge in [-0.15, -0.1) is 0 Å². The van der Waals surface area contributed by atoms with Gasteiger partial charge >= 0.3 is 0 Å². The third-order valence-corrected chi connectivity index (χ3v) is 5.70. The standard InChI is InChI=1S/C27H27N3O5/c1-34-23-11-7-19(8-12-23)16-28-27(33)20-15-26(32)30(17-20)22-9-13-24(14-10-22)35-18-25(31)29-21-5-3-2-4-6-21/h2-14,20H,15-18H2,1H3,(H,28,33)(H,29,31)/t20-/m1/s1. The highest BCUT2D eigenvalue weighted by molar-refractivity contribution is 6.00. The van der Waals surface area contributed by atoms with Gasteiger partial charge < -0.3 is 25.0 Å². The Morgan fingerprint density at radius 1 is 0.943 bits per heavy atom. The van der Waals surface area contributed by atoms with E-state index in [1.54, 1.807) is 48.4 Å². The third-order valence-electron chi connectivity index (χ3n) is 5.70. The van der Waals surface area contributed by atoms with Crippen LogP contribution in [0.2, 0.25) is 0 Å². The van der Waals surface area contributed by atoms with Crippen LogP contribution in [-0.2, 0) is 20.9 Å². The van der Waals surface area contributed by atoms with Crippen LogP contribution in [0.3, 0.4) is 0 Å². The number of hydrogen-bond donors (Lipinski definition) is 2. The molecule has 0 spiro atoms. The number of ether oxygens (including phenoxy) is 2. The molecule has 0 saturated carbocycles. The summed E-state index contributed by atoms with van der Waals surface area (Å²) in [5, 5.41) is 5.66. The zero-order valence-corrected chi connectivity index (χ0v) is 19.4. The second-order valence-electron chi connectivity index (χ2n) is 8.17. The van der Waals surface area contributed by atoms with Gasteiger partial charge in [-0.3, -0.25) is 14.4 Å². The van der Waals surface area contributed by atoms with Gasteiger partial charge in [0, 0.05) is 30.9 Å². The van der Waals surface area contributed by atoms with Gasteiger partial charge in [0.2, 0.25) is 11.8 Å². The molecule has 1 aliphatic rings. The minimum absolute atomic E-state index is 0.106. The summed E-state index contributed by atoms with van der Waals surface area (Å²) >= 11 is 0. The summed E-state index contributed by atoms with van der Waals surface area (Å²) in [5.41, 5.74) is 2.33. The lowest BCUT2D eigenvalue weighted by Crippen LogP contribution is -2.32. The molecule has 1 aliphatic heterocycles. The fourth-order valence-corrected chi connectivity index (χ4v) is 3.80. The van der Waals surface area contributed by atoms with E-state index >= 15 is 0 Å². The Kier molecular flexibility index (Phi) is 7.62. The minimum atomic E-state index is -0.418. The highest BCUT2D eigenvalue weighted by atomic mass is 16.5. The van der Waals surface area contributed by atoms with Crippen molar-refractivity contribution in [2.75, 3.05) is 30.5 Å². The predicted octanol–water partition coefficient (Wildman–Crippen LogP) is 3.38. The summed E-state index contributed by atoms with van der Waals surface area (Å²) in [4.78, 5) is 38.8. The highest BCUT2D eigenvalue weighted by Crippen LogP contribution is 2.27. The number of methoxy groups -OCH3 is 1. The Morgan fingerprint density at radius 3 is 2.31 bits per heavy atom. The third kappa shape index (κ3) is 6.38. The molecule has 3 aromatic carbocycles. The molecular formula is C27H27N3O5. The number of carbonyl (C=O) groups is 3. The molecule has 3 aromatic rings. The van der Waals surface area contributed by atoms with Crippen molar-refractivity contribution in [3.63, 3.8) is 0 Å². The fraction of sp³-hybridized carbons (Fsp3) is 0.222. The average Bonchev–Trinajstić information content (AvgIpc) is 3.29. The molecule has 180 valence electrons. The first-order chi connectivity index (χ1) is 17.0. The van der Waals surface area contributed by atoms with Crippen molar-refractivity contribution in [2.24, 2.45) is 5.92 Å². The second kappa shape index (κ2) is 11.2. The molecule has 0 unspecified atom stereocenters. The molecule has 0 bridgehead atoms. The summed E-state index contributed by atoms with van der Waals surface area (Å²) in [7, 11) is 1.60. The molecule has 1 fully saturated rings. The Labute approximate surface area is 203 Å². The largest absolute Gasteiger partial charge is 0.497 e. The molecule has 3 amide bonds. The van der Waals surface area contributed by atoms with Crippen molar-refractivity contribution >= 4 is 29.1 Å². The zero-order valence-electron chi connectivity index (χ0n) is 19.4. The number of nitrogens with zero attached hydrogens (tertiary/aromatic N) is 1. The van der Waals surface area contributed by atoms with Crippen molar-refractivity contribution in [1.82, 2.24) is 5.32 Å². The van der Waals surface area contributed by atoms with Crippen molar-refractivity contribution in [3.8, 4) is 11.5 Å². The van der Waals surface area contributed by atoms with Crippen LogP contribution >= 0.6 is 0 Å². The van der Waals surface area contributed by atoms with Gasteiger partial charge in [0.05, 0.1) is 13.0 Å². The number of hydrogen-bond acceptors (Lipinski definition) is 5. The molecule has 8 nitrogen and oxygen atoms in total. The van der Waals surface area contributed by atoms with Gasteiger partial charge in [0.1, 0.15) is 11.5 Å². The lowest BCUT2D eigenvalue weighted by atomic mass is 10.1. The summed E-state index contributed by atoms with van der Waals surface area (Å²) < 4.78 is 10.7. The molecule has 4 rings (SSSR count). The van der Waals surface area contributed by atoms with Crippen LogP contribution in [0.25, 0.3) is 0 Å². The Bertz CT molecular complexity index is 1160. The zero-order chi connectivity index (χ0) is 24.6. The van der Waals surface area contributed by atoms with E-state index in [1.807, 2.05) is 42.5 Å². The summed E-state index contributed by atoms with van der Waals surface area (Å²) in [6.07, 6.45) is 0.159. The summed E-state index contributed by atoms with van der Waals surface area (Å²) in [6, 6.07) is 23.5. The molecule has 1 saturated heterocycles. The van der Waals surface area contributed by atoms with Crippen LogP contribution in [-0.4, -0.2) is 38.0 Å². The normalized spacial score (nSPS) is 14.9. The first kappa shape index (κ1) is 23.8. The molecule has 35 heavy (non-hydrogen) atoms. The monoisotopic (exact) mass is 473 g/mol. The molecular weight excluding hydrogens is 446 g/mol. The van der Waals surface area contributed by atoms with Gasteiger partial charge in [-0.25, -0.2) is 0 Å². The molecule has 0 aromatic heterocycles. The van der Waals surface area contributed by atoms with Crippen molar-refractivity contribution in [1.29, 1.82) is 0 Å². The molecule has 1 atom stereocenters. The van der Waals surface area contributed by atoms with Gasteiger partial charge in [0.25, 0.3) is 5.91 Å². The first-order valence-corrected chi connectivity index (χ1v) is 11.3. The number of benzene rings is 3. The van der Waals surface area contributed by atoms with Gasteiger partial charge in [-0.1, -0.05) is 30.3 Å². The van der Waals surface area contributed by atoms with E-state index in [0.717, 1.165) is 11.3 Å². The maximum Gasteiger partial charge on any atom is 0.262 e. The Balaban J connectivity index is 1.26. The van der Waals surface area contributed by atoms with Crippen LogP contribution in [0.15, 0.2) is 78.9 Å². The maximum atomic E-state index is 12.6. The quantitative estimate of drug-likeness (QED) is 0.497. The average molecular weight is 474 g/mol. The summed E-state index contributed by atoms with van der Waals surface area (Å²) in [6.45, 7) is 0.567. The van der Waals surface area contributed by atoms with Crippen molar-refractivity contribution in [2.45, 2.75) is 13.0 Å². The Morgan fingerprint density at radius 2 is 1.63 bits per heavy atom. The van der Waals surface area contributed by atoms with Crippen LogP contribution < -0.4 is 25.0 Å². The first-order valence-electron chi connectivity index (χ1n) is 11.3. The second-order valence-corrected chi connectivity index (χ2v) is 8.17. The van der Waals surface area contributed by atoms with E-state index in [1.165, 1.54) is 0 Å². The van der Waals surface area contributed by atoms with Gasteiger partial charge in [-0.2, -0.15) is 0 Å². The number of rotatable bonds is 9. The number of carbonyl (C=O) groups excluding carboxylic acids is 3. The molecule has 1 heterocycles. The van der Waals surface area contributed by atoms with E-state index in [9.17, 15) is 14.4 Å². The van der Waals surface area contributed by atoms with Crippen LogP contribution in [0.4, 0.5) is 11.4 Å². The van der Waals surface area contributed by atoms with E-state index in [2.05, 4.69) is 10.6 Å². The maximum absolute atomic E-state index is 12.6. The molecule has 0 aliphatic carbocycles. The van der Waals surface area contributed by atoms with Crippen LogP contribution in [0, 0.1) is 5.92 Å². The molecule has 2 N–H and O–H groups in total. The Hall–Kier alpha value is -4.33. The fourth-order valence-electron chi connectivity index (χ4n) is 3.80. The number of amides is 3. The van der Waals surface area contributed by atoms with E-state index in [4.69, 9.17) is 9.47 Å². The number of anilines is 2. The summed E-state index contributed by atoms with van der Waals surface area (Å²) in [5.74, 6) is 0.324. The van der Waals surface area contributed by atoms with Gasteiger partial charge in [-0.05, 0) is 54.1 Å². The molecule has 0 radical (unpaired) electrons. The number of para-hydroxylation sites is 1. The minimum Gasteiger partial charge on any atom is -0.497 e. The lowest BCUT2D eigenvalue weighted by molar-refractivity contribution is -0.126. The SMILES string of the molecule is COc1ccc(CNC(=O)[C@@H]2CC(=O)N(c3ccc(OCC(=O)Nc4ccccc4)cc3)C2)cc1. The van der Waals surface area contributed by atoms with Gasteiger partial charge in [0.15, 0.2) is 6.61 Å². The number of nitrogens with one attached hydrogen (secondary N) is 2. The molecule has 8 heteroatoms. The smallest absolute Gasteiger partial charge is 0.262 e. The van der Waals surface area contributed by atoms with Crippen LogP contribution in [0.1, 0.15) is 12.0 Å². The van der Waals surface area contributed by atoms with E-state index in [-0.39, 0.29) is 30.7 Å². The topological polar surface area (TPSA) is 97.0 Å². The predicted molar refractivity (Wildman–Crippen MR) is 132 cm³/mol. The highest BCUT2D eigenvalue weighted by Gasteiger charge is 2.35. The lowest BCUT2D eigenvalue weighted by Gasteiger charge is -2.17. The van der Waals surface area contributed by atoms with Crippen LogP contribution in [0.5, 0.6) is 11.5 Å².